The number of esters is 1. The van der Waals surface area contributed by atoms with Gasteiger partial charge in [-0.15, -0.1) is 0 Å². The van der Waals surface area contributed by atoms with Gasteiger partial charge < -0.3 is 10.1 Å². The third kappa shape index (κ3) is 7.42. The number of halogens is 3. The summed E-state index contributed by atoms with van der Waals surface area (Å²) >= 11 is 0. The third-order valence-corrected chi connectivity index (χ3v) is 4.16. The molecule has 0 spiro atoms. The molecule has 0 aromatic heterocycles. The zero-order valence-electron chi connectivity index (χ0n) is 15.1. The maximum atomic E-state index is 12.6. The second kappa shape index (κ2) is 9.91. The first kappa shape index (κ1) is 21.5. The average molecular weight is 398 g/mol. The average Bonchev–Trinajstić information content (AvgIpc) is 2.65. The summed E-state index contributed by atoms with van der Waals surface area (Å²) < 4.78 is 42.6. The minimum Gasteiger partial charge on any atom is -0.452 e. The SMILES string of the molecule is O=C(COC(=O)/C=C/c1cccc(C(F)(F)F)c1)NC(=O)NC1CCCCC1. The molecule has 0 unspecified atom stereocenters. The topological polar surface area (TPSA) is 84.5 Å². The fourth-order valence-electron chi connectivity index (χ4n) is 2.80. The van der Waals surface area contributed by atoms with Gasteiger partial charge in [-0.2, -0.15) is 13.2 Å². The van der Waals surface area contributed by atoms with Crippen LogP contribution in [0.4, 0.5) is 18.0 Å². The Morgan fingerprint density at radius 3 is 2.54 bits per heavy atom. The first-order chi connectivity index (χ1) is 13.2. The second-order valence-electron chi connectivity index (χ2n) is 6.42. The number of alkyl halides is 3. The summed E-state index contributed by atoms with van der Waals surface area (Å²) in [5.41, 5.74) is -0.686. The maximum Gasteiger partial charge on any atom is 0.416 e. The number of urea groups is 1. The highest BCUT2D eigenvalue weighted by Crippen LogP contribution is 2.29. The van der Waals surface area contributed by atoms with Crippen molar-refractivity contribution in [2.45, 2.75) is 44.3 Å². The predicted octanol–water partition coefficient (Wildman–Crippen LogP) is 3.42. The lowest BCUT2D eigenvalue weighted by molar-refractivity contribution is -0.143. The van der Waals surface area contributed by atoms with Crippen molar-refractivity contribution < 1.29 is 32.3 Å². The molecule has 0 bridgehead atoms. The molecule has 0 heterocycles. The summed E-state index contributed by atoms with van der Waals surface area (Å²) in [7, 11) is 0. The summed E-state index contributed by atoms with van der Waals surface area (Å²) in [6.07, 6.45) is 2.46. The van der Waals surface area contributed by atoms with Crippen LogP contribution in [0, 0.1) is 0 Å². The molecule has 9 heteroatoms. The van der Waals surface area contributed by atoms with E-state index < -0.39 is 36.3 Å². The van der Waals surface area contributed by atoms with E-state index >= 15 is 0 Å². The first-order valence-electron chi connectivity index (χ1n) is 8.86. The van der Waals surface area contributed by atoms with Crippen molar-refractivity contribution in [1.82, 2.24) is 10.6 Å². The monoisotopic (exact) mass is 398 g/mol. The van der Waals surface area contributed by atoms with Gasteiger partial charge in [-0.05, 0) is 36.6 Å². The van der Waals surface area contributed by atoms with Crippen molar-refractivity contribution in [1.29, 1.82) is 0 Å². The van der Waals surface area contributed by atoms with E-state index in [4.69, 9.17) is 0 Å². The fraction of sp³-hybridized carbons (Fsp3) is 0.421. The molecule has 0 atom stereocenters. The van der Waals surface area contributed by atoms with Gasteiger partial charge in [-0.25, -0.2) is 9.59 Å². The van der Waals surface area contributed by atoms with Crippen LogP contribution in [0.2, 0.25) is 0 Å². The summed E-state index contributed by atoms with van der Waals surface area (Å²) in [6.45, 7) is -0.677. The molecule has 28 heavy (non-hydrogen) atoms. The Bertz CT molecular complexity index is 741. The van der Waals surface area contributed by atoms with Crippen LogP contribution in [-0.2, 0) is 20.5 Å². The second-order valence-corrected chi connectivity index (χ2v) is 6.42. The van der Waals surface area contributed by atoms with Crippen LogP contribution in [0.1, 0.15) is 43.2 Å². The molecule has 1 fully saturated rings. The van der Waals surface area contributed by atoms with Crippen LogP contribution in [-0.4, -0.2) is 30.6 Å². The van der Waals surface area contributed by atoms with Gasteiger partial charge in [0.1, 0.15) is 0 Å². The molecular weight excluding hydrogens is 377 g/mol. The molecule has 1 aromatic rings. The van der Waals surface area contributed by atoms with E-state index in [1.165, 1.54) is 12.1 Å². The molecule has 152 valence electrons. The fourth-order valence-corrected chi connectivity index (χ4v) is 2.80. The van der Waals surface area contributed by atoms with E-state index in [0.29, 0.717) is 0 Å². The number of ether oxygens (including phenoxy) is 1. The highest BCUT2D eigenvalue weighted by molar-refractivity contribution is 5.96. The molecule has 1 aliphatic rings. The summed E-state index contributed by atoms with van der Waals surface area (Å²) in [5.74, 6) is -1.71. The molecule has 2 rings (SSSR count). The van der Waals surface area contributed by atoms with E-state index in [9.17, 15) is 27.6 Å². The summed E-state index contributed by atoms with van der Waals surface area (Å²) in [6, 6.07) is 3.78. The number of carbonyl (C=O) groups excluding carboxylic acids is 3. The Hall–Kier alpha value is -2.84. The standard InChI is InChI=1S/C19H21F3N2O4/c20-19(21,22)14-6-4-5-13(11-14)9-10-17(26)28-12-16(25)24-18(27)23-15-7-2-1-3-8-15/h4-6,9-11,15H,1-3,7-8,12H2,(H2,23,24,25,27)/b10-9+. The van der Waals surface area contributed by atoms with Crippen LogP contribution in [0.15, 0.2) is 30.3 Å². The summed E-state index contributed by atoms with van der Waals surface area (Å²) in [4.78, 5) is 34.9. The number of benzene rings is 1. The lowest BCUT2D eigenvalue weighted by Gasteiger charge is -2.22. The summed E-state index contributed by atoms with van der Waals surface area (Å²) in [5, 5.41) is 4.75. The van der Waals surface area contributed by atoms with E-state index in [1.54, 1.807) is 0 Å². The van der Waals surface area contributed by atoms with Crippen molar-refractivity contribution in [2.24, 2.45) is 0 Å². The molecule has 6 nitrogen and oxygen atoms in total. The lowest BCUT2D eigenvalue weighted by atomic mass is 9.96. The minimum absolute atomic E-state index is 0.0273. The van der Waals surface area contributed by atoms with Crippen molar-refractivity contribution in [2.75, 3.05) is 6.61 Å². The van der Waals surface area contributed by atoms with Gasteiger partial charge in [-0.1, -0.05) is 31.4 Å². The Balaban J connectivity index is 1.74. The number of hydrogen-bond donors (Lipinski definition) is 2. The van der Waals surface area contributed by atoms with Crippen molar-refractivity contribution in [3.8, 4) is 0 Å². The molecule has 3 amide bonds. The Morgan fingerprint density at radius 1 is 1.14 bits per heavy atom. The zero-order valence-corrected chi connectivity index (χ0v) is 15.1. The van der Waals surface area contributed by atoms with Crippen molar-refractivity contribution in [3.05, 3.63) is 41.5 Å². The molecule has 2 N–H and O–H groups in total. The molecule has 0 aliphatic heterocycles. The highest BCUT2D eigenvalue weighted by atomic mass is 19.4. The van der Waals surface area contributed by atoms with Crippen LogP contribution < -0.4 is 10.6 Å². The number of hydrogen-bond acceptors (Lipinski definition) is 4. The Kier molecular flexibility index (Phi) is 7.60. The predicted molar refractivity (Wildman–Crippen MR) is 95.0 cm³/mol. The largest absolute Gasteiger partial charge is 0.452 e. The van der Waals surface area contributed by atoms with Gasteiger partial charge in [0.25, 0.3) is 5.91 Å². The van der Waals surface area contributed by atoms with Crippen LogP contribution in [0.5, 0.6) is 0 Å². The van der Waals surface area contributed by atoms with Crippen LogP contribution >= 0.6 is 0 Å². The maximum absolute atomic E-state index is 12.6. The van der Waals surface area contributed by atoms with E-state index in [2.05, 4.69) is 15.4 Å². The number of rotatable bonds is 5. The van der Waals surface area contributed by atoms with Crippen molar-refractivity contribution in [3.63, 3.8) is 0 Å². The van der Waals surface area contributed by atoms with E-state index in [0.717, 1.165) is 56.4 Å². The normalized spacial score (nSPS) is 15.2. The molecule has 0 radical (unpaired) electrons. The minimum atomic E-state index is -4.49. The number of carbonyl (C=O) groups is 3. The van der Waals surface area contributed by atoms with Gasteiger partial charge in [-0.3, -0.25) is 10.1 Å². The van der Waals surface area contributed by atoms with Crippen LogP contribution in [0.25, 0.3) is 6.08 Å². The first-order valence-corrected chi connectivity index (χ1v) is 8.86. The highest BCUT2D eigenvalue weighted by Gasteiger charge is 2.30. The van der Waals surface area contributed by atoms with E-state index in [-0.39, 0.29) is 11.6 Å². The zero-order chi connectivity index (χ0) is 20.6. The van der Waals surface area contributed by atoms with Crippen LogP contribution in [0.3, 0.4) is 0 Å². The number of nitrogens with one attached hydrogen (secondary N) is 2. The number of amides is 3. The quantitative estimate of drug-likeness (QED) is 0.588. The Labute approximate surface area is 160 Å². The Morgan fingerprint density at radius 2 is 1.86 bits per heavy atom. The molecule has 0 saturated heterocycles. The molecule has 1 aromatic carbocycles. The van der Waals surface area contributed by atoms with Gasteiger partial charge >= 0.3 is 18.2 Å². The smallest absolute Gasteiger partial charge is 0.416 e. The van der Waals surface area contributed by atoms with Gasteiger partial charge in [0.2, 0.25) is 0 Å². The van der Waals surface area contributed by atoms with E-state index in [1.807, 2.05) is 0 Å². The molecule has 1 saturated carbocycles. The van der Waals surface area contributed by atoms with Crippen molar-refractivity contribution >= 4 is 24.0 Å². The van der Waals surface area contributed by atoms with Gasteiger partial charge in [0.05, 0.1) is 5.56 Å². The van der Waals surface area contributed by atoms with Gasteiger partial charge in [0.15, 0.2) is 6.61 Å². The number of imide groups is 1. The molecular formula is C19H21F3N2O4. The molecule has 1 aliphatic carbocycles. The van der Waals surface area contributed by atoms with Gasteiger partial charge in [0, 0.05) is 12.1 Å². The third-order valence-electron chi connectivity index (χ3n) is 4.16. The lowest BCUT2D eigenvalue weighted by Crippen LogP contribution is -2.46.